The van der Waals surface area contributed by atoms with Crippen molar-refractivity contribution in [3.63, 3.8) is 0 Å². The molecule has 0 aliphatic rings. The van der Waals surface area contributed by atoms with Gasteiger partial charge in [-0.1, -0.05) is 6.58 Å². The van der Waals surface area contributed by atoms with E-state index >= 15 is 0 Å². The maximum Gasteiger partial charge on any atom is 0.0766 e. The predicted octanol–water partition coefficient (Wildman–Crippen LogP) is 0.774. The van der Waals surface area contributed by atoms with E-state index in [4.69, 9.17) is 0 Å². The van der Waals surface area contributed by atoms with Crippen molar-refractivity contribution in [2.24, 2.45) is 0 Å². The maximum absolute atomic E-state index is 4.31. The Balaban J connectivity index is 0. The molecule has 0 bridgehead atoms. The Kier molecular flexibility index (Phi) is 15.9. The van der Waals surface area contributed by atoms with E-state index < -0.39 is 0 Å². The van der Waals surface area contributed by atoms with Crippen molar-refractivity contribution in [1.82, 2.24) is 0 Å². The fraction of sp³-hybridized carbons (Fsp3) is 0.333. The molecule has 0 saturated carbocycles. The van der Waals surface area contributed by atoms with Gasteiger partial charge in [0.05, 0.1) is 13.4 Å². The summed E-state index contributed by atoms with van der Waals surface area (Å²) in [6, 6.07) is 0. The average molecular weight is 109 g/mol. The van der Waals surface area contributed by atoms with Crippen molar-refractivity contribution >= 4 is 0 Å². The van der Waals surface area contributed by atoms with Gasteiger partial charge < -0.3 is 4.74 Å². The molecule has 0 aromatic rings. The summed E-state index contributed by atoms with van der Waals surface area (Å²) in [6.45, 7) is 3.26. The molecule has 0 aliphatic heterocycles. The van der Waals surface area contributed by atoms with Crippen LogP contribution in [0.25, 0.3) is 0 Å². The minimum Gasteiger partial charge on any atom is -0.505 e. The molecule has 0 spiro atoms. The zero-order chi connectivity index (χ0) is 3.41. The summed E-state index contributed by atoms with van der Waals surface area (Å²) in [4.78, 5) is 0. The van der Waals surface area contributed by atoms with Crippen LogP contribution in [0, 0.1) is 0 Å². The summed E-state index contributed by atoms with van der Waals surface area (Å²) in [6.07, 6.45) is 1.38. The molecule has 0 aromatic carbocycles. The van der Waals surface area contributed by atoms with Crippen LogP contribution in [-0.2, 0) is 23.3 Å². The normalized spacial score (nSPS) is 4.20. The Morgan fingerprint density at radius 1 is 1.80 bits per heavy atom. The Hall–Kier alpha value is 0.124. The fourth-order valence-corrected chi connectivity index (χ4v) is 0. The van der Waals surface area contributed by atoms with E-state index in [-0.39, 0.29) is 18.6 Å². The molecular formula is C3H6OV. The first kappa shape index (κ1) is 8.93. The van der Waals surface area contributed by atoms with Crippen molar-refractivity contribution < 1.29 is 23.3 Å². The Bertz CT molecular complexity index is 20.9. The number of ether oxygens (including phenoxy) is 1. The van der Waals surface area contributed by atoms with Crippen LogP contribution < -0.4 is 0 Å². The molecule has 29 valence electrons. The van der Waals surface area contributed by atoms with Gasteiger partial charge in [0.2, 0.25) is 0 Å². The van der Waals surface area contributed by atoms with Gasteiger partial charge in [0, 0.05) is 18.6 Å². The topological polar surface area (TPSA) is 9.23 Å². The van der Waals surface area contributed by atoms with Crippen molar-refractivity contribution in [3.05, 3.63) is 12.8 Å². The molecule has 0 atom stereocenters. The van der Waals surface area contributed by atoms with Crippen LogP contribution in [0.2, 0.25) is 0 Å². The van der Waals surface area contributed by atoms with Gasteiger partial charge in [-0.15, -0.1) is 0 Å². The molecule has 0 saturated heterocycles. The number of hydrogen-bond acceptors (Lipinski definition) is 1. The summed E-state index contributed by atoms with van der Waals surface area (Å²) in [5, 5.41) is 0. The first-order valence-electron chi connectivity index (χ1n) is 1.05. The summed E-state index contributed by atoms with van der Waals surface area (Å²) < 4.78 is 4.31. The van der Waals surface area contributed by atoms with E-state index in [1.54, 1.807) is 7.11 Å². The maximum atomic E-state index is 4.31. The second-order valence-corrected chi connectivity index (χ2v) is 0.402. The first-order chi connectivity index (χ1) is 1.91. The van der Waals surface area contributed by atoms with E-state index in [0.717, 1.165) is 0 Å². The Labute approximate surface area is 43.9 Å². The van der Waals surface area contributed by atoms with Crippen LogP contribution in [0.15, 0.2) is 12.8 Å². The zero-order valence-corrected chi connectivity index (χ0v) is 4.54. The summed E-state index contributed by atoms with van der Waals surface area (Å²) in [5.74, 6) is 0. The Morgan fingerprint density at radius 2 is 2.00 bits per heavy atom. The molecular weight excluding hydrogens is 103 g/mol. The minimum atomic E-state index is 0. The molecule has 0 unspecified atom stereocenters. The van der Waals surface area contributed by atoms with E-state index in [9.17, 15) is 0 Å². The standard InChI is InChI=1S/C3H6O.V/c1-3-4-2;/h3H,1H2,2H3;. The molecule has 0 N–H and O–H groups in total. The quantitative estimate of drug-likeness (QED) is 0.452. The molecule has 0 aliphatic carbocycles. The summed E-state index contributed by atoms with van der Waals surface area (Å²) in [5.41, 5.74) is 0. The summed E-state index contributed by atoms with van der Waals surface area (Å²) in [7, 11) is 1.56. The van der Waals surface area contributed by atoms with Crippen LogP contribution in [-0.4, -0.2) is 7.11 Å². The van der Waals surface area contributed by atoms with Gasteiger partial charge in [-0.3, -0.25) is 0 Å². The first-order valence-corrected chi connectivity index (χ1v) is 1.05. The van der Waals surface area contributed by atoms with Crippen LogP contribution in [0.5, 0.6) is 0 Å². The number of methoxy groups -OCH3 is 1. The van der Waals surface area contributed by atoms with Gasteiger partial charge >= 0.3 is 0 Å². The predicted molar refractivity (Wildman–Crippen MR) is 17.2 cm³/mol. The molecule has 1 radical (unpaired) electrons. The van der Waals surface area contributed by atoms with E-state index in [1.165, 1.54) is 6.26 Å². The number of hydrogen-bond donors (Lipinski definition) is 0. The van der Waals surface area contributed by atoms with Crippen LogP contribution in [0.1, 0.15) is 0 Å². The molecule has 0 heterocycles. The zero-order valence-electron chi connectivity index (χ0n) is 3.14. The van der Waals surface area contributed by atoms with E-state index in [2.05, 4.69) is 11.3 Å². The fourth-order valence-electron chi connectivity index (χ4n) is 0. The third-order valence-corrected chi connectivity index (χ3v) is 0.167. The molecule has 0 rings (SSSR count). The smallest absolute Gasteiger partial charge is 0.0766 e. The third-order valence-electron chi connectivity index (χ3n) is 0.167. The molecule has 5 heavy (non-hydrogen) atoms. The van der Waals surface area contributed by atoms with Gasteiger partial charge in [-0.2, -0.15) is 0 Å². The van der Waals surface area contributed by atoms with Gasteiger partial charge in [0.25, 0.3) is 0 Å². The minimum absolute atomic E-state index is 0. The third kappa shape index (κ3) is 14.7. The monoisotopic (exact) mass is 109 g/mol. The van der Waals surface area contributed by atoms with Crippen LogP contribution in [0.4, 0.5) is 0 Å². The average Bonchev–Trinajstić information content (AvgIpc) is 1.37. The molecule has 1 nitrogen and oxygen atoms in total. The molecule has 2 heteroatoms. The van der Waals surface area contributed by atoms with Crippen molar-refractivity contribution in [2.75, 3.05) is 7.11 Å². The van der Waals surface area contributed by atoms with Crippen LogP contribution >= 0.6 is 0 Å². The number of rotatable bonds is 1. The second kappa shape index (κ2) is 8.92. The van der Waals surface area contributed by atoms with Crippen molar-refractivity contribution in [1.29, 1.82) is 0 Å². The molecule has 0 aromatic heterocycles. The summed E-state index contributed by atoms with van der Waals surface area (Å²) >= 11 is 0. The molecule has 0 fully saturated rings. The van der Waals surface area contributed by atoms with Crippen LogP contribution in [0.3, 0.4) is 0 Å². The van der Waals surface area contributed by atoms with Gasteiger partial charge in [-0.25, -0.2) is 0 Å². The van der Waals surface area contributed by atoms with Gasteiger partial charge in [0.15, 0.2) is 0 Å². The largest absolute Gasteiger partial charge is 0.505 e. The van der Waals surface area contributed by atoms with Gasteiger partial charge in [0.1, 0.15) is 0 Å². The van der Waals surface area contributed by atoms with Crippen molar-refractivity contribution in [2.45, 2.75) is 0 Å². The second-order valence-electron chi connectivity index (χ2n) is 0.402. The Morgan fingerprint density at radius 3 is 2.00 bits per heavy atom. The molecule has 0 amide bonds. The SMILES string of the molecule is C=COC.[V]. The van der Waals surface area contributed by atoms with Crippen molar-refractivity contribution in [3.8, 4) is 0 Å². The van der Waals surface area contributed by atoms with Gasteiger partial charge in [-0.05, 0) is 0 Å². The van der Waals surface area contributed by atoms with E-state index in [0.29, 0.717) is 0 Å². The van der Waals surface area contributed by atoms with E-state index in [1.807, 2.05) is 0 Å².